The molecule has 0 bridgehead atoms. The van der Waals surface area contributed by atoms with Gasteiger partial charge in [-0.05, 0) is 36.1 Å². The maximum absolute atomic E-state index is 12.1. The summed E-state index contributed by atoms with van der Waals surface area (Å²) >= 11 is 7.92. The summed E-state index contributed by atoms with van der Waals surface area (Å²) in [5.74, 6) is -0.405. The van der Waals surface area contributed by atoms with Crippen LogP contribution in [0.25, 0.3) is 11.4 Å². The third kappa shape index (κ3) is 4.75. The Morgan fingerprint density at radius 2 is 2.07 bits per heavy atom. The van der Waals surface area contributed by atoms with Crippen LogP contribution in [0.2, 0.25) is 5.15 Å². The van der Waals surface area contributed by atoms with Crippen LogP contribution in [0.3, 0.4) is 0 Å². The lowest BCUT2D eigenvalue weighted by Gasteiger charge is -2.40. The van der Waals surface area contributed by atoms with Gasteiger partial charge in [-0.25, -0.2) is 19.3 Å². The molecule has 0 saturated carbocycles. The van der Waals surface area contributed by atoms with E-state index in [1.165, 1.54) is 19.5 Å². The molecule has 152 valence electrons. The molecule has 0 aliphatic carbocycles. The largest absolute Gasteiger partial charge is 0.354 e. The third-order valence-corrected chi connectivity index (χ3v) is 5.74. The zero-order chi connectivity index (χ0) is 21.0. The van der Waals surface area contributed by atoms with E-state index in [4.69, 9.17) is 11.6 Å². The number of nitrogens with one attached hydrogen (secondary N) is 1. The molecule has 0 spiro atoms. The van der Waals surface area contributed by atoms with Gasteiger partial charge < -0.3 is 10.2 Å². The van der Waals surface area contributed by atoms with E-state index in [9.17, 15) is 9.59 Å². The first-order chi connectivity index (χ1) is 14.0. The Morgan fingerprint density at radius 1 is 1.28 bits per heavy atom. The summed E-state index contributed by atoms with van der Waals surface area (Å²) in [5.41, 5.74) is 2.18. The summed E-state index contributed by atoms with van der Waals surface area (Å²) in [7, 11) is 1.54. The molecule has 1 fully saturated rings. The van der Waals surface area contributed by atoms with Crippen LogP contribution in [-0.2, 0) is 4.79 Å². The number of aromatic nitrogens is 3. The summed E-state index contributed by atoms with van der Waals surface area (Å²) in [5, 5.41) is 2.85. The molecule has 3 rings (SSSR count). The third-order valence-electron chi connectivity index (χ3n) is 4.64. The molecule has 1 unspecified atom stereocenters. The molecule has 1 N–H and O–H groups in total. The van der Waals surface area contributed by atoms with Crippen molar-refractivity contribution in [3.8, 4) is 11.4 Å². The molecular formula is C19H21ClN6O2S. The van der Waals surface area contributed by atoms with Gasteiger partial charge in [0, 0.05) is 26.7 Å². The van der Waals surface area contributed by atoms with E-state index in [1.807, 2.05) is 12.3 Å². The Balaban J connectivity index is 1.98. The fourth-order valence-electron chi connectivity index (χ4n) is 3.18. The number of pyridine rings is 1. The summed E-state index contributed by atoms with van der Waals surface area (Å²) in [6.07, 6.45) is 4.65. The van der Waals surface area contributed by atoms with Crippen molar-refractivity contribution in [1.82, 2.24) is 29.5 Å². The number of hydrogen-bond donors (Lipinski definition) is 1. The molecule has 2 aromatic heterocycles. The van der Waals surface area contributed by atoms with Crippen molar-refractivity contribution in [3.63, 3.8) is 0 Å². The molecule has 8 nitrogen and oxygen atoms in total. The van der Waals surface area contributed by atoms with Crippen molar-refractivity contribution in [2.24, 2.45) is 0 Å². The van der Waals surface area contributed by atoms with E-state index >= 15 is 0 Å². The first kappa shape index (κ1) is 21.2. The van der Waals surface area contributed by atoms with Gasteiger partial charge in [0.05, 0.1) is 17.4 Å². The fraction of sp³-hybridized carbons (Fsp3) is 0.316. The van der Waals surface area contributed by atoms with Gasteiger partial charge in [0.25, 0.3) is 5.91 Å². The predicted molar refractivity (Wildman–Crippen MR) is 113 cm³/mol. The number of halogens is 1. The number of piperazine rings is 1. The smallest absolute Gasteiger partial charge is 0.269 e. The standard InChI is InChI=1S/C19H21ClN6O2S/c1-4-18(27)25-5-6-26(29-3)16(10-25)12-7-14(24-17(20)8-12)13-9-15(19(28)21-2)23-11-22-13/h4,7-9,11,16H,1,5-6,10H2,2-3H3,(H,21,28). The van der Waals surface area contributed by atoms with Crippen LogP contribution in [0.15, 0.2) is 37.2 Å². The lowest BCUT2D eigenvalue weighted by molar-refractivity contribution is -0.128. The highest BCUT2D eigenvalue weighted by molar-refractivity contribution is 7.96. The number of nitrogens with zero attached hydrogens (tertiary/aromatic N) is 5. The van der Waals surface area contributed by atoms with E-state index < -0.39 is 0 Å². The van der Waals surface area contributed by atoms with Gasteiger partial charge in [0.2, 0.25) is 5.91 Å². The number of amides is 2. The SMILES string of the molecule is C=CC(=O)N1CCN(SC)C(c2cc(Cl)nc(-c3cc(C(=O)NC)ncn3)c2)C1. The normalized spacial score (nSPS) is 17.1. The van der Waals surface area contributed by atoms with Crippen LogP contribution in [0.1, 0.15) is 22.1 Å². The van der Waals surface area contributed by atoms with Crippen LogP contribution in [0.5, 0.6) is 0 Å². The van der Waals surface area contributed by atoms with E-state index in [2.05, 4.69) is 31.2 Å². The van der Waals surface area contributed by atoms with Gasteiger partial charge >= 0.3 is 0 Å². The topological polar surface area (TPSA) is 91.3 Å². The average Bonchev–Trinajstić information content (AvgIpc) is 2.77. The van der Waals surface area contributed by atoms with Crippen LogP contribution < -0.4 is 5.32 Å². The minimum atomic E-state index is -0.310. The van der Waals surface area contributed by atoms with Crippen molar-refractivity contribution in [2.45, 2.75) is 6.04 Å². The average molecular weight is 433 g/mol. The summed E-state index contributed by atoms with van der Waals surface area (Å²) < 4.78 is 2.21. The molecule has 0 aromatic carbocycles. The number of rotatable bonds is 5. The van der Waals surface area contributed by atoms with Gasteiger partial charge in [-0.3, -0.25) is 9.59 Å². The summed E-state index contributed by atoms with van der Waals surface area (Å²) in [6.45, 7) is 5.45. The summed E-state index contributed by atoms with van der Waals surface area (Å²) in [4.78, 5) is 38.4. The van der Waals surface area contributed by atoms with Gasteiger partial charge in [-0.15, -0.1) is 0 Å². The first-order valence-corrected chi connectivity index (χ1v) is 10.5. The molecule has 1 aliphatic heterocycles. The molecule has 2 amide bonds. The second-order valence-electron chi connectivity index (χ2n) is 6.30. The molecule has 1 saturated heterocycles. The lowest BCUT2D eigenvalue weighted by atomic mass is 10.0. The highest BCUT2D eigenvalue weighted by atomic mass is 35.5. The van der Waals surface area contributed by atoms with E-state index in [1.54, 1.807) is 29.0 Å². The zero-order valence-corrected chi connectivity index (χ0v) is 17.7. The lowest BCUT2D eigenvalue weighted by Crippen LogP contribution is -2.47. The van der Waals surface area contributed by atoms with E-state index in [-0.39, 0.29) is 23.6 Å². The highest BCUT2D eigenvalue weighted by Gasteiger charge is 2.30. The Bertz CT molecular complexity index is 941. The monoisotopic (exact) mass is 432 g/mol. The van der Waals surface area contributed by atoms with Crippen molar-refractivity contribution < 1.29 is 9.59 Å². The molecule has 1 atom stereocenters. The predicted octanol–water partition coefficient (Wildman–Crippen LogP) is 2.20. The zero-order valence-electron chi connectivity index (χ0n) is 16.1. The maximum Gasteiger partial charge on any atom is 0.269 e. The van der Waals surface area contributed by atoms with Crippen molar-refractivity contribution in [1.29, 1.82) is 0 Å². The van der Waals surface area contributed by atoms with Gasteiger partial charge in [0.15, 0.2) is 0 Å². The Hall–Kier alpha value is -2.49. The molecule has 3 heterocycles. The van der Waals surface area contributed by atoms with Crippen LogP contribution >= 0.6 is 23.5 Å². The van der Waals surface area contributed by atoms with Crippen LogP contribution in [-0.4, -0.2) is 68.9 Å². The summed E-state index contributed by atoms with van der Waals surface area (Å²) in [6, 6.07) is 5.18. The van der Waals surface area contributed by atoms with Crippen LogP contribution in [0, 0.1) is 0 Å². The minimum absolute atomic E-state index is 0.0675. The highest BCUT2D eigenvalue weighted by Crippen LogP contribution is 2.33. The second kappa shape index (κ2) is 9.34. The molecular weight excluding hydrogens is 412 g/mol. The van der Waals surface area contributed by atoms with Crippen molar-refractivity contribution in [3.05, 3.63) is 53.6 Å². The molecule has 29 heavy (non-hydrogen) atoms. The van der Waals surface area contributed by atoms with Gasteiger partial charge in [-0.2, -0.15) is 0 Å². The van der Waals surface area contributed by atoms with Crippen LogP contribution in [0.4, 0.5) is 0 Å². The van der Waals surface area contributed by atoms with Gasteiger partial charge in [0.1, 0.15) is 17.2 Å². The quantitative estimate of drug-likeness (QED) is 0.440. The molecule has 2 aromatic rings. The Kier molecular flexibility index (Phi) is 6.83. The maximum atomic E-state index is 12.1. The number of carbonyl (C=O) groups is 2. The van der Waals surface area contributed by atoms with E-state index in [0.29, 0.717) is 29.6 Å². The molecule has 10 heteroatoms. The number of carbonyl (C=O) groups excluding carboxylic acids is 2. The van der Waals surface area contributed by atoms with Crippen molar-refractivity contribution >= 4 is 35.4 Å². The Morgan fingerprint density at radius 3 is 2.76 bits per heavy atom. The minimum Gasteiger partial charge on any atom is -0.354 e. The van der Waals surface area contributed by atoms with Crippen molar-refractivity contribution in [2.75, 3.05) is 32.9 Å². The first-order valence-electron chi connectivity index (χ1n) is 8.91. The van der Waals surface area contributed by atoms with Gasteiger partial charge in [-0.1, -0.05) is 30.1 Å². The molecule has 0 radical (unpaired) electrons. The Labute approximate surface area is 178 Å². The second-order valence-corrected chi connectivity index (χ2v) is 7.52. The molecule has 1 aliphatic rings. The number of hydrogen-bond acceptors (Lipinski definition) is 7. The fourth-order valence-corrected chi connectivity index (χ4v) is 4.10. The van der Waals surface area contributed by atoms with E-state index in [0.717, 1.165) is 12.1 Å².